The fraction of sp³-hybridized carbons (Fsp3) is 0.600. The average Bonchev–Trinajstić information content (AvgIpc) is 1.61. The second-order valence-electron chi connectivity index (χ2n) is 1.26. The second kappa shape index (κ2) is 4.96. The van der Waals surface area contributed by atoms with Gasteiger partial charge in [-0.15, -0.1) is 12.3 Å². The lowest BCUT2D eigenvalue weighted by Crippen LogP contribution is -1.77. The first kappa shape index (κ1) is 5.96. The lowest BCUT2D eigenvalue weighted by atomic mass is 10.6. The Hall–Kier alpha value is -0.0431. The summed E-state index contributed by atoms with van der Waals surface area (Å²) in [5.74, 6) is 0. The molecule has 0 aromatic carbocycles. The SMILES string of the molecule is C=C[SiH]CCC. The van der Waals surface area contributed by atoms with Gasteiger partial charge in [-0.25, -0.2) is 0 Å². The maximum atomic E-state index is 3.64. The molecule has 0 aliphatic rings. The standard InChI is InChI=1S/C5H11Si/c1-3-5-6-4-2/h4,6H,2-3,5H2,1H3. The van der Waals surface area contributed by atoms with Crippen LogP contribution in [0.25, 0.3) is 0 Å². The quantitative estimate of drug-likeness (QED) is 0.370. The molecule has 0 saturated carbocycles. The van der Waals surface area contributed by atoms with Crippen molar-refractivity contribution in [2.24, 2.45) is 0 Å². The van der Waals surface area contributed by atoms with E-state index in [9.17, 15) is 0 Å². The maximum absolute atomic E-state index is 3.64. The zero-order valence-electron chi connectivity index (χ0n) is 4.28. The molecule has 35 valence electrons. The molecule has 0 aliphatic heterocycles. The fourth-order valence-corrected chi connectivity index (χ4v) is 0.854. The van der Waals surface area contributed by atoms with E-state index in [-0.39, 0.29) is 0 Å². The highest BCUT2D eigenvalue weighted by atomic mass is 28.2. The van der Waals surface area contributed by atoms with Crippen LogP contribution in [0, 0.1) is 0 Å². The molecule has 0 fully saturated rings. The van der Waals surface area contributed by atoms with Crippen LogP contribution in [0.5, 0.6) is 0 Å². The van der Waals surface area contributed by atoms with E-state index in [4.69, 9.17) is 0 Å². The summed E-state index contributed by atoms with van der Waals surface area (Å²) in [5, 5.41) is 0. The van der Waals surface area contributed by atoms with Gasteiger partial charge >= 0.3 is 0 Å². The van der Waals surface area contributed by atoms with E-state index in [1.165, 1.54) is 12.5 Å². The van der Waals surface area contributed by atoms with E-state index in [1.807, 2.05) is 5.70 Å². The molecule has 1 heteroatoms. The Morgan fingerprint density at radius 1 is 1.83 bits per heavy atom. The molecule has 0 amide bonds. The van der Waals surface area contributed by atoms with Crippen LogP contribution < -0.4 is 0 Å². The fourth-order valence-electron chi connectivity index (χ4n) is 0.285. The van der Waals surface area contributed by atoms with Gasteiger partial charge in [-0.2, -0.15) is 0 Å². The van der Waals surface area contributed by atoms with Gasteiger partial charge in [-0.1, -0.05) is 19.4 Å². The van der Waals surface area contributed by atoms with Crippen LogP contribution in [0.15, 0.2) is 12.3 Å². The summed E-state index contributed by atoms with van der Waals surface area (Å²) in [6.45, 7) is 5.84. The number of rotatable bonds is 3. The predicted molar refractivity (Wildman–Crippen MR) is 32.4 cm³/mol. The van der Waals surface area contributed by atoms with Gasteiger partial charge < -0.3 is 0 Å². The lowest BCUT2D eigenvalue weighted by Gasteiger charge is -1.80. The Labute approximate surface area is 42.1 Å². The molecule has 0 heterocycles. The van der Waals surface area contributed by atoms with E-state index in [0.29, 0.717) is 9.52 Å². The molecule has 0 rings (SSSR count). The Bertz CT molecular complexity index is 32.9. The topological polar surface area (TPSA) is 0 Å². The van der Waals surface area contributed by atoms with Gasteiger partial charge in [0.1, 0.15) is 0 Å². The third kappa shape index (κ3) is 3.96. The normalized spacial score (nSPS) is 8.17. The Balaban J connectivity index is 2.49. The molecule has 6 heavy (non-hydrogen) atoms. The molecule has 0 aromatic rings. The van der Waals surface area contributed by atoms with Gasteiger partial charge in [0.2, 0.25) is 0 Å². The summed E-state index contributed by atoms with van der Waals surface area (Å²) < 4.78 is 0. The molecular weight excluding hydrogens is 88.1 g/mol. The van der Waals surface area contributed by atoms with Gasteiger partial charge in [0, 0.05) is 0 Å². The highest BCUT2D eigenvalue weighted by Crippen LogP contribution is 1.82. The monoisotopic (exact) mass is 99.1 g/mol. The van der Waals surface area contributed by atoms with Crippen LogP contribution in [0.2, 0.25) is 6.04 Å². The largest absolute Gasteiger partial charge is 0.107 e. The van der Waals surface area contributed by atoms with Crippen molar-refractivity contribution in [1.29, 1.82) is 0 Å². The van der Waals surface area contributed by atoms with Crippen LogP contribution in [-0.4, -0.2) is 9.52 Å². The van der Waals surface area contributed by atoms with E-state index in [2.05, 4.69) is 13.5 Å². The summed E-state index contributed by atoms with van der Waals surface area (Å²) in [4.78, 5) is 0. The first-order valence-corrected chi connectivity index (χ1v) is 3.84. The van der Waals surface area contributed by atoms with Crippen LogP contribution in [0.3, 0.4) is 0 Å². The van der Waals surface area contributed by atoms with Crippen molar-refractivity contribution in [3.63, 3.8) is 0 Å². The molecule has 0 bridgehead atoms. The first-order valence-electron chi connectivity index (χ1n) is 2.36. The molecule has 1 radical (unpaired) electrons. The van der Waals surface area contributed by atoms with Crippen molar-refractivity contribution in [2.75, 3.05) is 0 Å². The molecule has 0 spiro atoms. The van der Waals surface area contributed by atoms with Gasteiger partial charge in [0.05, 0.1) is 9.52 Å². The lowest BCUT2D eigenvalue weighted by molar-refractivity contribution is 1.08. The van der Waals surface area contributed by atoms with Crippen LogP contribution in [-0.2, 0) is 0 Å². The van der Waals surface area contributed by atoms with Crippen molar-refractivity contribution in [1.82, 2.24) is 0 Å². The van der Waals surface area contributed by atoms with Crippen molar-refractivity contribution >= 4 is 9.52 Å². The number of hydrogen-bond acceptors (Lipinski definition) is 0. The minimum absolute atomic E-state index is 0.582. The van der Waals surface area contributed by atoms with Gasteiger partial charge in [0.15, 0.2) is 0 Å². The second-order valence-corrected chi connectivity index (χ2v) is 2.78. The van der Waals surface area contributed by atoms with E-state index in [0.717, 1.165) is 0 Å². The Kier molecular flexibility index (Phi) is 4.92. The van der Waals surface area contributed by atoms with Crippen LogP contribution in [0.1, 0.15) is 13.3 Å². The molecule has 0 saturated heterocycles. The molecule has 0 unspecified atom stereocenters. The summed E-state index contributed by atoms with van der Waals surface area (Å²) >= 11 is 0. The minimum atomic E-state index is 0.582. The molecule has 0 nitrogen and oxygen atoms in total. The molecule has 0 aromatic heterocycles. The third-order valence-corrected chi connectivity index (χ3v) is 1.87. The predicted octanol–water partition coefficient (Wildman–Crippen LogP) is 1.39. The summed E-state index contributed by atoms with van der Waals surface area (Å²) in [6.07, 6.45) is 1.32. The zero-order valence-corrected chi connectivity index (χ0v) is 5.43. The Morgan fingerprint density at radius 3 is 2.67 bits per heavy atom. The van der Waals surface area contributed by atoms with E-state index in [1.54, 1.807) is 0 Å². The highest BCUT2D eigenvalue weighted by molar-refractivity contribution is 6.41. The zero-order chi connectivity index (χ0) is 4.83. The molecule has 0 atom stereocenters. The van der Waals surface area contributed by atoms with Crippen LogP contribution in [0.4, 0.5) is 0 Å². The molecule has 0 N–H and O–H groups in total. The van der Waals surface area contributed by atoms with Crippen molar-refractivity contribution in [3.8, 4) is 0 Å². The number of hydrogen-bond donors (Lipinski definition) is 0. The van der Waals surface area contributed by atoms with E-state index < -0.39 is 0 Å². The van der Waals surface area contributed by atoms with E-state index >= 15 is 0 Å². The van der Waals surface area contributed by atoms with Crippen molar-refractivity contribution < 1.29 is 0 Å². The van der Waals surface area contributed by atoms with Crippen molar-refractivity contribution in [3.05, 3.63) is 12.3 Å². The summed E-state index contributed by atoms with van der Waals surface area (Å²) in [5.41, 5.74) is 2.05. The van der Waals surface area contributed by atoms with Crippen molar-refractivity contribution in [2.45, 2.75) is 19.4 Å². The highest BCUT2D eigenvalue weighted by Gasteiger charge is 1.73. The van der Waals surface area contributed by atoms with Crippen LogP contribution >= 0.6 is 0 Å². The van der Waals surface area contributed by atoms with Gasteiger partial charge in [0.25, 0.3) is 0 Å². The molecule has 0 aliphatic carbocycles. The first-order chi connectivity index (χ1) is 2.91. The van der Waals surface area contributed by atoms with Gasteiger partial charge in [-0.05, 0) is 0 Å². The van der Waals surface area contributed by atoms with Gasteiger partial charge in [-0.3, -0.25) is 0 Å². The maximum Gasteiger partial charge on any atom is 0.0561 e. The minimum Gasteiger partial charge on any atom is -0.107 e. The third-order valence-electron chi connectivity index (χ3n) is 0.622. The molecular formula is C5H11Si. The summed E-state index contributed by atoms with van der Waals surface area (Å²) in [7, 11) is 0.582. The summed E-state index contributed by atoms with van der Waals surface area (Å²) in [6, 6.07) is 1.38. The average molecular weight is 99.2 g/mol. The smallest absolute Gasteiger partial charge is 0.0561 e. The Morgan fingerprint density at radius 2 is 2.50 bits per heavy atom.